The summed E-state index contributed by atoms with van der Waals surface area (Å²) in [6, 6.07) is 12.4. The lowest BCUT2D eigenvalue weighted by atomic mass is 10.2. The van der Waals surface area contributed by atoms with E-state index in [1.807, 2.05) is 11.0 Å². The van der Waals surface area contributed by atoms with Crippen LogP contribution in [0.2, 0.25) is 0 Å². The smallest absolute Gasteiger partial charge is 0.253 e. The van der Waals surface area contributed by atoms with E-state index in [9.17, 15) is 13.2 Å². The van der Waals surface area contributed by atoms with Gasteiger partial charge in [-0.05, 0) is 42.8 Å². The fraction of sp³-hybridized carbons (Fsp3) is 0.440. The second-order valence-corrected chi connectivity index (χ2v) is 11.6. The summed E-state index contributed by atoms with van der Waals surface area (Å²) >= 11 is 1.67. The van der Waals surface area contributed by atoms with Gasteiger partial charge in [0.2, 0.25) is 10.0 Å². The maximum absolute atomic E-state index is 13.1. The molecule has 0 atom stereocenters. The summed E-state index contributed by atoms with van der Waals surface area (Å²) in [5, 5.41) is 0.979. The molecule has 9 nitrogen and oxygen atoms in total. The minimum Gasteiger partial charge on any atom is -0.383 e. The Labute approximate surface area is 216 Å². The molecule has 0 bridgehead atoms. The molecule has 11 heteroatoms. The van der Waals surface area contributed by atoms with Crippen LogP contribution in [-0.4, -0.2) is 95.2 Å². The van der Waals surface area contributed by atoms with Crippen molar-refractivity contribution in [3.05, 3.63) is 53.6 Å². The van der Waals surface area contributed by atoms with E-state index in [1.165, 1.54) is 35.4 Å². The van der Waals surface area contributed by atoms with Crippen molar-refractivity contribution in [1.82, 2.24) is 14.2 Å². The molecule has 0 radical (unpaired) electrons. The molecule has 3 aromatic rings. The number of thiazole rings is 1. The third-order valence-electron chi connectivity index (χ3n) is 6.28. The molecule has 0 unspecified atom stereocenters. The van der Waals surface area contributed by atoms with Gasteiger partial charge < -0.3 is 19.3 Å². The van der Waals surface area contributed by atoms with Gasteiger partial charge in [-0.3, -0.25) is 4.79 Å². The molecule has 1 aliphatic heterocycles. The second-order valence-electron chi connectivity index (χ2n) is 8.61. The highest BCUT2D eigenvalue weighted by Crippen LogP contribution is 2.31. The van der Waals surface area contributed by atoms with Crippen LogP contribution in [0.5, 0.6) is 0 Å². The number of rotatable bonds is 10. The van der Waals surface area contributed by atoms with Crippen LogP contribution in [0.3, 0.4) is 0 Å². The van der Waals surface area contributed by atoms with Crippen LogP contribution in [0.4, 0.5) is 5.13 Å². The topological polar surface area (TPSA) is 92.3 Å². The first-order valence-electron chi connectivity index (χ1n) is 11.8. The van der Waals surface area contributed by atoms with E-state index < -0.39 is 10.0 Å². The third-order valence-corrected chi connectivity index (χ3v) is 9.27. The first-order valence-corrected chi connectivity index (χ1v) is 14.1. The van der Waals surface area contributed by atoms with Crippen LogP contribution in [0.15, 0.2) is 47.4 Å². The van der Waals surface area contributed by atoms with Crippen LogP contribution in [0.1, 0.15) is 15.9 Å². The van der Waals surface area contributed by atoms with Crippen LogP contribution < -0.4 is 4.90 Å². The van der Waals surface area contributed by atoms with Crippen molar-refractivity contribution in [3.63, 3.8) is 0 Å². The lowest BCUT2D eigenvalue weighted by Crippen LogP contribution is -2.48. The quantitative estimate of drug-likeness (QED) is 0.397. The van der Waals surface area contributed by atoms with E-state index in [-0.39, 0.29) is 37.1 Å². The number of hydrogen-bond donors (Lipinski definition) is 0. The number of carbonyl (C=O) groups excluding carboxylic acids is 1. The van der Waals surface area contributed by atoms with E-state index in [2.05, 4.69) is 24.0 Å². The summed E-state index contributed by atoms with van der Waals surface area (Å²) in [4.78, 5) is 22.1. The normalized spacial score (nSPS) is 14.7. The van der Waals surface area contributed by atoms with Gasteiger partial charge in [0.25, 0.3) is 5.91 Å². The van der Waals surface area contributed by atoms with Gasteiger partial charge in [-0.15, -0.1) is 0 Å². The van der Waals surface area contributed by atoms with Crippen molar-refractivity contribution in [2.45, 2.75) is 11.8 Å². The summed E-state index contributed by atoms with van der Waals surface area (Å²) < 4.78 is 38.8. The molecule has 4 rings (SSSR count). The van der Waals surface area contributed by atoms with Crippen molar-refractivity contribution in [1.29, 1.82) is 0 Å². The number of piperazine rings is 1. The number of nitrogens with zero attached hydrogens (tertiary/aromatic N) is 4. The number of benzene rings is 2. The number of hydrogen-bond acceptors (Lipinski definition) is 8. The van der Waals surface area contributed by atoms with Gasteiger partial charge in [0.05, 0.1) is 28.3 Å². The van der Waals surface area contributed by atoms with Gasteiger partial charge in [-0.25, -0.2) is 13.4 Å². The summed E-state index contributed by atoms with van der Waals surface area (Å²) in [6.07, 6.45) is 0. The lowest BCUT2D eigenvalue weighted by Gasteiger charge is -2.34. The molecule has 0 aliphatic carbocycles. The number of fused-ring (bicyclic) bond motifs is 1. The number of anilines is 1. The van der Waals surface area contributed by atoms with Crippen LogP contribution in [0.25, 0.3) is 10.2 Å². The Morgan fingerprint density at radius 2 is 1.64 bits per heavy atom. The Hall–Kier alpha value is -2.57. The highest BCUT2D eigenvalue weighted by molar-refractivity contribution is 7.89. The zero-order valence-corrected chi connectivity index (χ0v) is 22.5. The monoisotopic (exact) mass is 532 g/mol. The number of amides is 1. The Morgan fingerprint density at radius 1 is 1.00 bits per heavy atom. The number of carbonyl (C=O) groups is 1. The van der Waals surface area contributed by atoms with Crippen LogP contribution in [0, 0.1) is 6.92 Å². The SMILES string of the molecule is COCCN(CCOC)S(=O)(=O)c1ccc(C(=O)N2CCN(c3nc4c(C)cccc4s3)CC2)cc1. The number of para-hydroxylation sites is 1. The zero-order chi connectivity index (χ0) is 25.7. The predicted molar refractivity (Wildman–Crippen MR) is 141 cm³/mol. The van der Waals surface area contributed by atoms with Crippen molar-refractivity contribution in [2.75, 3.05) is 71.6 Å². The standard InChI is InChI=1S/C25H32N4O5S2/c1-19-5-4-6-22-23(19)26-25(35-22)28-13-11-27(12-14-28)24(30)20-7-9-21(10-8-20)36(31,32)29(15-17-33-2)16-18-34-3/h4-10H,11-18H2,1-3H3. The maximum Gasteiger partial charge on any atom is 0.253 e. The van der Waals surface area contributed by atoms with Gasteiger partial charge in [0.15, 0.2) is 5.13 Å². The molecule has 0 N–H and O–H groups in total. The molecule has 1 aliphatic rings. The molecular weight excluding hydrogens is 500 g/mol. The van der Waals surface area contributed by atoms with E-state index >= 15 is 0 Å². The first-order chi connectivity index (χ1) is 17.3. The largest absolute Gasteiger partial charge is 0.383 e. The van der Waals surface area contributed by atoms with Crippen molar-refractivity contribution in [3.8, 4) is 0 Å². The molecule has 2 heterocycles. The average Bonchev–Trinajstić information content (AvgIpc) is 3.34. The number of ether oxygens (including phenoxy) is 2. The lowest BCUT2D eigenvalue weighted by molar-refractivity contribution is 0.0746. The Balaban J connectivity index is 1.40. The second kappa shape index (κ2) is 11.7. The van der Waals surface area contributed by atoms with E-state index in [0.29, 0.717) is 31.7 Å². The number of aryl methyl sites for hydroxylation is 1. The van der Waals surface area contributed by atoms with Crippen LogP contribution in [-0.2, 0) is 19.5 Å². The molecular formula is C25H32N4O5S2. The van der Waals surface area contributed by atoms with Gasteiger partial charge in [-0.2, -0.15) is 4.31 Å². The van der Waals surface area contributed by atoms with Crippen LogP contribution >= 0.6 is 11.3 Å². The van der Waals surface area contributed by atoms with Gasteiger partial charge in [0, 0.05) is 59.1 Å². The van der Waals surface area contributed by atoms with Crippen molar-refractivity contribution < 1.29 is 22.7 Å². The average molecular weight is 533 g/mol. The van der Waals surface area contributed by atoms with E-state index in [0.717, 1.165) is 16.2 Å². The Kier molecular flexibility index (Phi) is 8.58. The molecule has 1 amide bonds. The minimum atomic E-state index is -3.73. The maximum atomic E-state index is 13.1. The molecule has 2 aromatic carbocycles. The summed E-state index contributed by atoms with van der Waals surface area (Å²) in [5.74, 6) is -0.102. The predicted octanol–water partition coefficient (Wildman–Crippen LogP) is 2.85. The molecule has 36 heavy (non-hydrogen) atoms. The first kappa shape index (κ1) is 26.5. The molecule has 1 fully saturated rings. The van der Waals surface area contributed by atoms with Gasteiger partial charge in [-0.1, -0.05) is 23.5 Å². The third kappa shape index (κ3) is 5.70. The highest BCUT2D eigenvalue weighted by Gasteiger charge is 2.27. The van der Waals surface area contributed by atoms with Gasteiger partial charge >= 0.3 is 0 Å². The Morgan fingerprint density at radius 3 is 2.22 bits per heavy atom. The van der Waals surface area contributed by atoms with E-state index in [1.54, 1.807) is 23.5 Å². The molecule has 0 saturated carbocycles. The molecule has 0 spiro atoms. The fourth-order valence-corrected chi connectivity index (χ4v) is 6.65. The summed E-state index contributed by atoms with van der Waals surface area (Å²) in [5.41, 5.74) is 2.67. The minimum absolute atomic E-state index is 0.102. The number of aromatic nitrogens is 1. The van der Waals surface area contributed by atoms with Crippen molar-refractivity contribution in [2.24, 2.45) is 0 Å². The molecule has 194 valence electrons. The summed E-state index contributed by atoms with van der Waals surface area (Å²) in [6.45, 7) is 5.63. The number of sulfonamides is 1. The highest BCUT2D eigenvalue weighted by atomic mass is 32.2. The summed E-state index contributed by atoms with van der Waals surface area (Å²) in [7, 11) is -0.671. The molecule has 1 saturated heterocycles. The fourth-order valence-electron chi connectivity index (χ4n) is 4.15. The molecule has 1 aromatic heterocycles. The van der Waals surface area contributed by atoms with Gasteiger partial charge in [0.1, 0.15) is 0 Å². The Bertz CT molecular complexity index is 1280. The zero-order valence-electron chi connectivity index (χ0n) is 20.8. The van der Waals surface area contributed by atoms with Crippen molar-refractivity contribution >= 4 is 42.6 Å². The number of methoxy groups -OCH3 is 2. The van der Waals surface area contributed by atoms with E-state index in [4.69, 9.17) is 14.5 Å².